The summed E-state index contributed by atoms with van der Waals surface area (Å²) >= 11 is 1.56. The highest BCUT2D eigenvalue weighted by atomic mass is 32.2. The summed E-state index contributed by atoms with van der Waals surface area (Å²) in [6.45, 7) is 2.20. The van der Waals surface area contributed by atoms with Gasteiger partial charge in [-0.05, 0) is 31.2 Å². The van der Waals surface area contributed by atoms with Gasteiger partial charge in [-0.1, -0.05) is 12.1 Å². The van der Waals surface area contributed by atoms with Crippen LogP contribution >= 0.6 is 11.8 Å². The van der Waals surface area contributed by atoms with Crippen molar-refractivity contribution in [3.63, 3.8) is 0 Å². The Morgan fingerprint density at radius 2 is 2.26 bits per heavy atom. The molecule has 0 unspecified atom stereocenters. The standard InChI is InChI=1S/C14H22N2O2S/c1-15-10-12-5-3-6-13(9-12)19-11-14(17)16-7-4-8-18-2/h3,5-6,9,15H,4,7-8,10-11H2,1-2H3,(H,16,17). The van der Waals surface area contributed by atoms with E-state index in [1.807, 2.05) is 19.2 Å². The first-order valence-corrected chi connectivity index (χ1v) is 7.37. The van der Waals surface area contributed by atoms with Gasteiger partial charge in [-0.25, -0.2) is 0 Å². The van der Waals surface area contributed by atoms with Crippen LogP contribution in [0, 0.1) is 0 Å². The van der Waals surface area contributed by atoms with Crippen molar-refractivity contribution in [1.82, 2.24) is 10.6 Å². The van der Waals surface area contributed by atoms with E-state index in [4.69, 9.17) is 4.74 Å². The number of carbonyl (C=O) groups excluding carboxylic acids is 1. The monoisotopic (exact) mass is 282 g/mol. The van der Waals surface area contributed by atoms with Crippen LogP contribution in [-0.2, 0) is 16.1 Å². The van der Waals surface area contributed by atoms with Crippen molar-refractivity contribution < 1.29 is 9.53 Å². The van der Waals surface area contributed by atoms with E-state index in [1.165, 1.54) is 5.56 Å². The molecule has 1 rings (SSSR count). The second-order valence-electron chi connectivity index (χ2n) is 4.16. The van der Waals surface area contributed by atoms with Gasteiger partial charge >= 0.3 is 0 Å². The Bertz CT molecular complexity index is 385. The molecule has 0 aliphatic rings. The molecule has 2 N–H and O–H groups in total. The fourth-order valence-corrected chi connectivity index (χ4v) is 2.40. The number of benzene rings is 1. The maximum Gasteiger partial charge on any atom is 0.230 e. The molecule has 0 aliphatic carbocycles. The van der Waals surface area contributed by atoms with Crippen LogP contribution < -0.4 is 10.6 Å². The maximum atomic E-state index is 11.6. The lowest BCUT2D eigenvalue weighted by Crippen LogP contribution is -2.26. The summed E-state index contributed by atoms with van der Waals surface area (Å²) in [6, 6.07) is 8.23. The number of thioether (sulfide) groups is 1. The van der Waals surface area contributed by atoms with Crippen LogP contribution in [0.4, 0.5) is 0 Å². The third kappa shape index (κ3) is 7.20. The highest BCUT2D eigenvalue weighted by Crippen LogP contribution is 2.18. The Hall–Kier alpha value is -1.04. The second kappa shape index (κ2) is 9.83. The molecular weight excluding hydrogens is 260 g/mol. The summed E-state index contributed by atoms with van der Waals surface area (Å²) in [5, 5.41) is 5.99. The summed E-state index contributed by atoms with van der Waals surface area (Å²) in [6.07, 6.45) is 0.852. The van der Waals surface area contributed by atoms with E-state index >= 15 is 0 Å². The predicted octanol–water partition coefficient (Wildman–Crippen LogP) is 1.65. The molecular formula is C14H22N2O2S. The highest BCUT2D eigenvalue weighted by molar-refractivity contribution is 8.00. The van der Waals surface area contributed by atoms with Gasteiger partial charge in [0.05, 0.1) is 5.75 Å². The fourth-order valence-electron chi connectivity index (χ4n) is 1.59. The molecule has 0 saturated heterocycles. The smallest absolute Gasteiger partial charge is 0.230 e. The van der Waals surface area contributed by atoms with E-state index in [0.717, 1.165) is 17.9 Å². The van der Waals surface area contributed by atoms with Gasteiger partial charge in [0.15, 0.2) is 0 Å². The van der Waals surface area contributed by atoms with Gasteiger partial charge in [0.25, 0.3) is 0 Å². The topological polar surface area (TPSA) is 50.4 Å². The minimum absolute atomic E-state index is 0.0696. The Labute approximate surface area is 119 Å². The molecule has 106 valence electrons. The van der Waals surface area contributed by atoms with Gasteiger partial charge in [-0.2, -0.15) is 0 Å². The Kier molecular flexibility index (Phi) is 8.29. The number of hydrogen-bond acceptors (Lipinski definition) is 4. The van der Waals surface area contributed by atoms with Gasteiger partial charge in [-0.3, -0.25) is 4.79 Å². The quantitative estimate of drug-likeness (QED) is 0.534. The summed E-state index contributed by atoms with van der Waals surface area (Å²) in [4.78, 5) is 12.7. The van der Waals surface area contributed by atoms with E-state index < -0.39 is 0 Å². The molecule has 0 bridgehead atoms. The summed E-state index contributed by atoms with van der Waals surface area (Å²) < 4.78 is 4.93. The van der Waals surface area contributed by atoms with E-state index in [-0.39, 0.29) is 5.91 Å². The Morgan fingerprint density at radius 1 is 1.42 bits per heavy atom. The third-order valence-corrected chi connectivity index (χ3v) is 3.49. The average Bonchev–Trinajstić information content (AvgIpc) is 2.42. The number of nitrogens with one attached hydrogen (secondary N) is 2. The molecule has 19 heavy (non-hydrogen) atoms. The SMILES string of the molecule is CNCc1cccc(SCC(=O)NCCCOC)c1. The molecule has 5 heteroatoms. The van der Waals surface area contributed by atoms with Crippen molar-refractivity contribution in [3.8, 4) is 0 Å². The summed E-state index contributed by atoms with van der Waals surface area (Å²) in [7, 11) is 3.59. The molecule has 0 aliphatic heterocycles. The zero-order chi connectivity index (χ0) is 13.9. The van der Waals surface area contributed by atoms with E-state index in [0.29, 0.717) is 18.9 Å². The molecule has 0 heterocycles. The summed E-state index contributed by atoms with van der Waals surface area (Å²) in [5.74, 6) is 0.524. The lowest BCUT2D eigenvalue weighted by Gasteiger charge is -2.06. The van der Waals surface area contributed by atoms with Crippen LogP contribution in [0.1, 0.15) is 12.0 Å². The largest absolute Gasteiger partial charge is 0.385 e. The first-order chi connectivity index (χ1) is 9.26. The number of rotatable bonds is 9. The van der Waals surface area contributed by atoms with Crippen molar-refractivity contribution in [2.24, 2.45) is 0 Å². The van der Waals surface area contributed by atoms with Crippen LogP contribution in [0.25, 0.3) is 0 Å². The molecule has 0 spiro atoms. The highest BCUT2D eigenvalue weighted by Gasteiger charge is 2.02. The van der Waals surface area contributed by atoms with Gasteiger partial charge in [0.1, 0.15) is 0 Å². The van der Waals surface area contributed by atoms with Crippen molar-refractivity contribution >= 4 is 17.7 Å². The zero-order valence-corrected chi connectivity index (χ0v) is 12.4. The average molecular weight is 282 g/mol. The molecule has 0 radical (unpaired) electrons. The molecule has 1 aromatic carbocycles. The van der Waals surface area contributed by atoms with Crippen LogP contribution in [0.2, 0.25) is 0 Å². The number of carbonyl (C=O) groups is 1. The van der Waals surface area contributed by atoms with Crippen molar-refractivity contribution in [2.75, 3.05) is 33.1 Å². The van der Waals surface area contributed by atoms with Crippen LogP contribution in [0.5, 0.6) is 0 Å². The van der Waals surface area contributed by atoms with Gasteiger partial charge < -0.3 is 15.4 Å². The van der Waals surface area contributed by atoms with Crippen LogP contribution in [0.15, 0.2) is 29.2 Å². The second-order valence-corrected chi connectivity index (χ2v) is 5.21. The van der Waals surface area contributed by atoms with Gasteiger partial charge in [0.2, 0.25) is 5.91 Å². The van der Waals surface area contributed by atoms with Crippen molar-refractivity contribution in [1.29, 1.82) is 0 Å². The lowest BCUT2D eigenvalue weighted by atomic mass is 10.2. The van der Waals surface area contributed by atoms with Gasteiger partial charge in [-0.15, -0.1) is 11.8 Å². The molecule has 4 nitrogen and oxygen atoms in total. The minimum Gasteiger partial charge on any atom is -0.385 e. The molecule has 0 aromatic heterocycles. The Morgan fingerprint density at radius 3 is 3.00 bits per heavy atom. The van der Waals surface area contributed by atoms with Crippen LogP contribution in [0.3, 0.4) is 0 Å². The fraction of sp³-hybridized carbons (Fsp3) is 0.500. The minimum atomic E-state index is 0.0696. The molecule has 0 saturated carbocycles. The van der Waals surface area contributed by atoms with Gasteiger partial charge in [0, 0.05) is 31.7 Å². The van der Waals surface area contributed by atoms with Crippen LogP contribution in [-0.4, -0.2) is 39.0 Å². The first kappa shape index (κ1) is 16.0. The van der Waals surface area contributed by atoms with Crippen molar-refractivity contribution in [2.45, 2.75) is 17.9 Å². The molecule has 1 aromatic rings. The zero-order valence-electron chi connectivity index (χ0n) is 11.6. The number of hydrogen-bond donors (Lipinski definition) is 2. The van der Waals surface area contributed by atoms with Crippen molar-refractivity contribution in [3.05, 3.63) is 29.8 Å². The normalized spacial score (nSPS) is 10.4. The first-order valence-electron chi connectivity index (χ1n) is 6.38. The molecule has 1 amide bonds. The molecule has 0 fully saturated rings. The predicted molar refractivity (Wildman–Crippen MR) is 79.4 cm³/mol. The number of ether oxygens (including phenoxy) is 1. The molecule has 0 atom stereocenters. The summed E-state index contributed by atoms with van der Waals surface area (Å²) in [5.41, 5.74) is 1.23. The number of amides is 1. The Balaban J connectivity index is 2.27. The maximum absolute atomic E-state index is 11.6. The van der Waals surface area contributed by atoms with E-state index in [2.05, 4.69) is 22.8 Å². The van der Waals surface area contributed by atoms with E-state index in [9.17, 15) is 4.79 Å². The third-order valence-electron chi connectivity index (χ3n) is 2.50. The lowest BCUT2D eigenvalue weighted by molar-refractivity contribution is -0.118. The number of methoxy groups -OCH3 is 1. The van der Waals surface area contributed by atoms with E-state index in [1.54, 1.807) is 18.9 Å².